The molecule has 90 valence electrons. The van der Waals surface area contributed by atoms with Crippen LogP contribution in [0.5, 0.6) is 0 Å². The van der Waals surface area contributed by atoms with Crippen LogP contribution in [0, 0.1) is 0 Å². The Hall–Kier alpha value is -1.17. The van der Waals surface area contributed by atoms with E-state index in [1.165, 1.54) is 6.07 Å². The maximum absolute atomic E-state index is 12.9. The monoisotopic (exact) mass is 240 g/mol. The van der Waals surface area contributed by atoms with Gasteiger partial charge in [-0.05, 0) is 18.1 Å². The van der Waals surface area contributed by atoms with Gasteiger partial charge in [0.05, 0.1) is 0 Å². The molecule has 0 spiro atoms. The molecule has 0 bridgehead atoms. The fourth-order valence-electron chi connectivity index (χ4n) is 1.21. The van der Waals surface area contributed by atoms with Crippen molar-refractivity contribution >= 4 is 0 Å². The van der Waals surface area contributed by atoms with Crippen LogP contribution >= 0.6 is 0 Å². The molecule has 0 aliphatic rings. The first-order chi connectivity index (χ1) is 7.29. The number of hydrogen-bond donors (Lipinski definition) is 1. The Kier molecular flexibility index (Phi) is 3.52. The summed E-state index contributed by atoms with van der Waals surface area (Å²) in [6, 6.07) is 3.96. The van der Waals surface area contributed by atoms with E-state index >= 15 is 0 Å². The number of rotatable bonds is 3. The molecule has 1 nitrogen and oxygen atoms in total. The number of halogens is 5. The molecule has 6 heteroatoms. The van der Waals surface area contributed by atoms with Crippen LogP contribution in [0.3, 0.4) is 0 Å². The molecular weight excluding hydrogens is 231 g/mol. The van der Waals surface area contributed by atoms with Crippen molar-refractivity contribution in [1.29, 1.82) is 0 Å². The molecule has 16 heavy (non-hydrogen) atoms. The van der Waals surface area contributed by atoms with Crippen LogP contribution < -0.4 is 0 Å². The number of alkyl halides is 5. The molecule has 0 heterocycles. The highest BCUT2D eigenvalue weighted by molar-refractivity contribution is 5.28. The number of benzene rings is 1. The Bertz CT molecular complexity index is 358. The Balaban J connectivity index is 3.08. The third kappa shape index (κ3) is 2.49. The Morgan fingerprint density at radius 1 is 1.06 bits per heavy atom. The van der Waals surface area contributed by atoms with E-state index in [1.807, 2.05) is 0 Å². The highest BCUT2D eigenvalue weighted by atomic mass is 19.4. The first-order valence-corrected chi connectivity index (χ1v) is 4.44. The molecule has 0 aromatic heterocycles. The molecule has 1 aromatic rings. The van der Waals surface area contributed by atoms with Crippen LogP contribution in [0.15, 0.2) is 24.3 Å². The van der Waals surface area contributed by atoms with Crippen molar-refractivity contribution in [2.75, 3.05) is 6.61 Å². The summed E-state index contributed by atoms with van der Waals surface area (Å²) in [5.41, 5.74) is -0.866. The summed E-state index contributed by atoms with van der Waals surface area (Å²) in [5.74, 6) is -4.86. The zero-order valence-electron chi connectivity index (χ0n) is 8.06. The topological polar surface area (TPSA) is 20.2 Å². The van der Waals surface area contributed by atoms with E-state index in [0.29, 0.717) is 6.07 Å². The van der Waals surface area contributed by atoms with E-state index in [-0.39, 0.29) is 18.6 Å². The van der Waals surface area contributed by atoms with Gasteiger partial charge in [-0.25, -0.2) is 0 Å². The number of aliphatic hydroxyl groups excluding tert-OH is 1. The molecule has 0 aliphatic heterocycles. The maximum Gasteiger partial charge on any atom is 0.458 e. The Morgan fingerprint density at radius 2 is 1.69 bits per heavy atom. The third-order valence-corrected chi connectivity index (χ3v) is 2.05. The molecule has 0 saturated heterocycles. The zero-order valence-corrected chi connectivity index (χ0v) is 8.06. The molecule has 0 unspecified atom stereocenters. The minimum absolute atomic E-state index is 0.0434. The van der Waals surface area contributed by atoms with Gasteiger partial charge in [0.25, 0.3) is 0 Å². The average Bonchev–Trinajstić information content (AvgIpc) is 2.17. The van der Waals surface area contributed by atoms with Gasteiger partial charge >= 0.3 is 12.1 Å². The zero-order chi connectivity index (χ0) is 12.4. The van der Waals surface area contributed by atoms with Crippen LogP contribution in [0.1, 0.15) is 11.1 Å². The van der Waals surface area contributed by atoms with Gasteiger partial charge in [-0.1, -0.05) is 18.2 Å². The van der Waals surface area contributed by atoms with E-state index < -0.39 is 17.7 Å². The Labute approximate surface area is 88.5 Å². The SMILES string of the molecule is OCCc1cccc(C(F)(F)C(F)(F)F)c1. The largest absolute Gasteiger partial charge is 0.458 e. The summed E-state index contributed by atoms with van der Waals surface area (Å²) in [5, 5.41) is 8.56. The summed E-state index contributed by atoms with van der Waals surface area (Å²) >= 11 is 0. The normalized spacial score (nSPS) is 12.9. The lowest BCUT2D eigenvalue weighted by molar-refractivity contribution is -0.289. The fourth-order valence-corrected chi connectivity index (χ4v) is 1.21. The second-order valence-electron chi connectivity index (χ2n) is 3.25. The molecular formula is C10H9F5O. The second kappa shape index (κ2) is 4.37. The van der Waals surface area contributed by atoms with Crippen molar-refractivity contribution in [2.24, 2.45) is 0 Å². The molecule has 1 N–H and O–H groups in total. The van der Waals surface area contributed by atoms with E-state index in [1.54, 1.807) is 0 Å². The average molecular weight is 240 g/mol. The lowest BCUT2D eigenvalue weighted by Crippen LogP contribution is -2.33. The van der Waals surface area contributed by atoms with Crippen molar-refractivity contribution < 1.29 is 27.1 Å². The maximum atomic E-state index is 12.9. The predicted octanol–water partition coefficient (Wildman–Crippen LogP) is 2.88. The van der Waals surface area contributed by atoms with Crippen LogP contribution in [0.4, 0.5) is 22.0 Å². The summed E-state index contributed by atoms with van der Waals surface area (Å²) in [6.45, 7) is -0.305. The quantitative estimate of drug-likeness (QED) is 0.805. The minimum atomic E-state index is -5.61. The van der Waals surface area contributed by atoms with Crippen LogP contribution in [0.25, 0.3) is 0 Å². The molecule has 0 aliphatic carbocycles. The molecule has 0 amide bonds. The summed E-state index contributed by atoms with van der Waals surface area (Å²) in [4.78, 5) is 0. The van der Waals surface area contributed by atoms with Gasteiger partial charge < -0.3 is 5.11 Å². The number of aliphatic hydroxyl groups is 1. The second-order valence-corrected chi connectivity index (χ2v) is 3.25. The standard InChI is InChI=1S/C10H9F5O/c11-9(12,10(13,14)15)8-3-1-2-7(6-8)4-5-16/h1-3,6,16H,4-5H2. The van der Waals surface area contributed by atoms with Crippen molar-refractivity contribution in [3.05, 3.63) is 35.4 Å². The lowest BCUT2D eigenvalue weighted by atomic mass is 10.0. The van der Waals surface area contributed by atoms with Crippen molar-refractivity contribution in [1.82, 2.24) is 0 Å². The Morgan fingerprint density at radius 3 is 2.19 bits per heavy atom. The van der Waals surface area contributed by atoms with Crippen molar-refractivity contribution in [2.45, 2.75) is 18.5 Å². The van der Waals surface area contributed by atoms with Crippen molar-refractivity contribution in [3.63, 3.8) is 0 Å². The van der Waals surface area contributed by atoms with E-state index in [9.17, 15) is 22.0 Å². The van der Waals surface area contributed by atoms with Crippen LogP contribution in [-0.2, 0) is 12.3 Å². The van der Waals surface area contributed by atoms with E-state index in [2.05, 4.69) is 0 Å². The van der Waals surface area contributed by atoms with Gasteiger partial charge in [0.2, 0.25) is 0 Å². The summed E-state index contributed by atoms with van der Waals surface area (Å²) < 4.78 is 61.9. The third-order valence-electron chi connectivity index (χ3n) is 2.05. The summed E-state index contributed by atoms with van der Waals surface area (Å²) in [6.07, 6.45) is -5.56. The summed E-state index contributed by atoms with van der Waals surface area (Å²) in [7, 11) is 0. The van der Waals surface area contributed by atoms with Crippen LogP contribution in [-0.4, -0.2) is 17.9 Å². The van der Waals surface area contributed by atoms with Gasteiger partial charge in [-0.2, -0.15) is 22.0 Å². The molecule has 0 atom stereocenters. The lowest BCUT2D eigenvalue weighted by Gasteiger charge is -2.20. The van der Waals surface area contributed by atoms with Gasteiger partial charge in [-0.3, -0.25) is 0 Å². The van der Waals surface area contributed by atoms with Gasteiger partial charge in [0.15, 0.2) is 0 Å². The first-order valence-electron chi connectivity index (χ1n) is 4.44. The van der Waals surface area contributed by atoms with Gasteiger partial charge in [0, 0.05) is 12.2 Å². The predicted molar refractivity (Wildman–Crippen MR) is 47.2 cm³/mol. The molecule has 0 fully saturated rings. The molecule has 1 rings (SSSR count). The van der Waals surface area contributed by atoms with Crippen LogP contribution in [0.2, 0.25) is 0 Å². The fraction of sp³-hybridized carbons (Fsp3) is 0.400. The van der Waals surface area contributed by atoms with E-state index in [4.69, 9.17) is 5.11 Å². The highest BCUT2D eigenvalue weighted by Crippen LogP contribution is 2.43. The molecule has 0 radical (unpaired) electrons. The molecule has 1 aromatic carbocycles. The number of hydrogen-bond acceptors (Lipinski definition) is 1. The smallest absolute Gasteiger partial charge is 0.396 e. The minimum Gasteiger partial charge on any atom is -0.396 e. The van der Waals surface area contributed by atoms with Gasteiger partial charge in [0.1, 0.15) is 0 Å². The highest BCUT2D eigenvalue weighted by Gasteiger charge is 2.58. The van der Waals surface area contributed by atoms with Crippen molar-refractivity contribution in [3.8, 4) is 0 Å². The first kappa shape index (κ1) is 12.9. The molecule has 0 saturated carbocycles. The van der Waals surface area contributed by atoms with E-state index in [0.717, 1.165) is 12.1 Å². The van der Waals surface area contributed by atoms with Gasteiger partial charge in [-0.15, -0.1) is 0 Å².